The van der Waals surface area contributed by atoms with Gasteiger partial charge in [0, 0.05) is 51.2 Å². The van der Waals surface area contributed by atoms with E-state index in [1.807, 2.05) is 41.8 Å². The van der Waals surface area contributed by atoms with Gasteiger partial charge in [0.1, 0.15) is 0 Å². The number of benzene rings is 1. The number of aryl methyl sites for hydroxylation is 1. The van der Waals surface area contributed by atoms with Gasteiger partial charge in [-0.25, -0.2) is 9.97 Å². The molecule has 7 nitrogen and oxygen atoms in total. The molecule has 0 atom stereocenters. The standard InChI is InChI=1S/C19H23N5O2/c1-13-5-4-6-17(14(13)2)22-18(26)16-11-20-19(21-12-16)24-9-7-23(8-10-24)15(3)25/h4-6,11-12H,7-10H2,1-3H3,(H,22,26). The van der Waals surface area contributed by atoms with Gasteiger partial charge in [-0.3, -0.25) is 9.59 Å². The van der Waals surface area contributed by atoms with Gasteiger partial charge >= 0.3 is 0 Å². The summed E-state index contributed by atoms with van der Waals surface area (Å²) in [4.78, 5) is 36.3. The number of amides is 2. The second-order valence-electron chi connectivity index (χ2n) is 6.47. The second kappa shape index (κ2) is 7.51. The zero-order valence-corrected chi connectivity index (χ0v) is 15.3. The first-order valence-corrected chi connectivity index (χ1v) is 8.66. The number of anilines is 2. The van der Waals surface area contributed by atoms with E-state index >= 15 is 0 Å². The van der Waals surface area contributed by atoms with E-state index in [1.54, 1.807) is 19.3 Å². The molecule has 3 rings (SSSR count). The molecule has 0 aliphatic carbocycles. The highest BCUT2D eigenvalue weighted by atomic mass is 16.2. The zero-order chi connectivity index (χ0) is 18.7. The molecular formula is C19H23N5O2. The molecular weight excluding hydrogens is 330 g/mol. The van der Waals surface area contributed by atoms with Gasteiger partial charge in [-0.1, -0.05) is 12.1 Å². The highest BCUT2D eigenvalue weighted by Gasteiger charge is 2.20. The molecule has 1 fully saturated rings. The molecule has 1 N–H and O–H groups in total. The van der Waals surface area contributed by atoms with Crippen LogP contribution in [0.2, 0.25) is 0 Å². The van der Waals surface area contributed by atoms with Crippen LogP contribution in [-0.4, -0.2) is 52.9 Å². The zero-order valence-electron chi connectivity index (χ0n) is 15.3. The van der Waals surface area contributed by atoms with E-state index in [4.69, 9.17) is 0 Å². The van der Waals surface area contributed by atoms with E-state index in [-0.39, 0.29) is 11.8 Å². The van der Waals surface area contributed by atoms with Gasteiger partial charge in [0.15, 0.2) is 0 Å². The van der Waals surface area contributed by atoms with Crippen molar-refractivity contribution >= 4 is 23.5 Å². The Balaban J connectivity index is 1.65. The van der Waals surface area contributed by atoms with Crippen LogP contribution in [0.25, 0.3) is 0 Å². The molecule has 0 bridgehead atoms. The predicted octanol–water partition coefficient (Wildman–Crippen LogP) is 2.01. The summed E-state index contributed by atoms with van der Waals surface area (Å²) in [7, 11) is 0. The smallest absolute Gasteiger partial charge is 0.258 e. The Labute approximate surface area is 153 Å². The van der Waals surface area contributed by atoms with Crippen LogP contribution < -0.4 is 10.2 Å². The molecule has 0 unspecified atom stereocenters. The lowest BCUT2D eigenvalue weighted by molar-refractivity contribution is -0.129. The Morgan fingerprint density at radius 3 is 2.31 bits per heavy atom. The number of carbonyl (C=O) groups is 2. The van der Waals surface area contributed by atoms with Crippen LogP contribution in [-0.2, 0) is 4.79 Å². The van der Waals surface area contributed by atoms with E-state index in [2.05, 4.69) is 15.3 Å². The third-order valence-electron chi connectivity index (χ3n) is 4.76. The van der Waals surface area contributed by atoms with Crippen molar-refractivity contribution in [3.8, 4) is 0 Å². The molecule has 0 spiro atoms. The molecule has 1 aromatic heterocycles. The van der Waals surface area contributed by atoms with Crippen molar-refractivity contribution < 1.29 is 9.59 Å². The van der Waals surface area contributed by atoms with Gasteiger partial charge in [-0.2, -0.15) is 0 Å². The quantitative estimate of drug-likeness (QED) is 0.913. The van der Waals surface area contributed by atoms with Crippen LogP contribution in [0.4, 0.5) is 11.6 Å². The molecule has 136 valence electrons. The minimum absolute atomic E-state index is 0.0871. The van der Waals surface area contributed by atoms with Crippen molar-refractivity contribution in [2.75, 3.05) is 36.4 Å². The fraction of sp³-hybridized carbons (Fsp3) is 0.368. The maximum atomic E-state index is 12.4. The lowest BCUT2D eigenvalue weighted by Gasteiger charge is -2.34. The van der Waals surface area contributed by atoms with Gasteiger partial charge in [0.2, 0.25) is 11.9 Å². The van der Waals surface area contributed by atoms with Gasteiger partial charge in [0.05, 0.1) is 5.56 Å². The third-order valence-corrected chi connectivity index (χ3v) is 4.76. The second-order valence-corrected chi connectivity index (χ2v) is 6.47. The summed E-state index contributed by atoms with van der Waals surface area (Å²) in [6.45, 7) is 8.26. The van der Waals surface area contributed by atoms with Gasteiger partial charge in [0.25, 0.3) is 5.91 Å². The number of aromatic nitrogens is 2. The van der Waals surface area contributed by atoms with Crippen LogP contribution in [0.5, 0.6) is 0 Å². The molecule has 0 saturated carbocycles. The summed E-state index contributed by atoms with van der Waals surface area (Å²) in [5.41, 5.74) is 3.37. The minimum Gasteiger partial charge on any atom is -0.339 e. The first-order chi connectivity index (χ1) is 12.5. The Morgan fingerprint density at radius 1 is 1.04 bits per heavy atom. The molecule has 0 radical (unpaired) electrons. The highest BCUT2D eigenvalue weighted by molar-refractivity contribution is 6.04. The number of hydrogen-bond donors (Lipinski definition) is 1. The summed E-state index contributed by atoms with van der Waals surface area (Å²) in [5, 5.41) is 2.91. The summed E-state index contributed by atoms with van der Waals surface area (Å²) >= 11 is 0. The Morgan fingerprint density at radius 2 is 1.69 bits per heavy atom. The fourth-order valence-electron chi connectivity index (χ4n) is 2.90. The van der Waals surface area contributed by atoms with E-state index < -0.39 is 0 Å². The SMILES string of the molecule is CC(=O)N1CCN(c2ncc(C(=O)Nc3cccc(C)c3C)cn2)CC1. The third kappa shape index (κ3) is 3.82. The molecule has 1 aliphatic heterocycles. The predicted molar refractivity (Wildman–Crippen MR) is 100 cm³/mol. The average molecular weight is 353 g/mol. The normalized spacial score (nSPS) is 14.3. The highest BCUT2D eigenvalue weighted by Crippen LogP contribution is 2.19. The van der Waals surface area contributed by atoms with Gasteiger partial charge < -0.3 is 15.1 Å². The number of nitrogens with one attached hydrogen (secondary N) is 1. The molecule has 1 aliphatic rings. The van der Waals surface area contributed by atoms with E-state index in [9.17, 15) is 9.59 Å². The fourth-order valence-corrected chi connectivity index (χ4v) is 2.90. The number of nitrogens with zero attached hydrogens (tertiary/aromatic N) is 4. The van der Waals surface area contributed by atoms with E-state index in [0.717, 1.165) is 16.8 Å². The number of rotatable bonds is 3. The van der Waals surface area contributed by atoms with Crippen LogP contribution in [0.3, 0.4) is 0 Å². The molecule has 7 heteroatoms. The van der Waals surface area contributed by atoms with Gasteiger partial charge in [-0.05, 0) is 31.0 Å². The molecule has 1 saturated heterocycles. The Kier molecular flexibility index (Phi) is 5.16. The van der Waals surface area contributed by atoms with E-state index in [0.29, 0.717) is 37.7 Å². The topological polar surface area (TPSA) is 78.4 Å². The van der Waals surface area contributed by atoms with Crippen LogP contribution in [0.15, 0.2) is 30.6 Å². The molecule has 2 aromatic rings. The lowest BCUT2D eigenvalue weighted by Crippen LogP contribution is -2.48. The van der Waals surface area contributed by atoms with Crippen molar-refractivity contribution in [2.45, 2.75) is 20.8 Å². The Bertz CT molecular complexity index is 811. The summed E-state index contributed by atoms with van der Waals surface area (Å²) in [6, 6.07) is 5.80. The molecule has 2 amide bonds. The maximum absolute atomic E-state index is 12.4. The first-order valence-electron chi connectivity index (χ1n) is 8.66. The number of carbonyl (C=O) groups excluding carboxylic acids is 2. The molecule has 2 heterocycles. The molecule has 1 aromatic carbocycles. The lowest BCUT2D eigenvalue weighted by atomic mass is 10.1. The monoisotopic (exact) mass is 353 g/mol. The largest absolute Gasteiger partial charge is 0.339 e. The minimum atomic E-state index is -0.230. The maximum Gasteiger partial charge on any atom is 0.258 e. The van der Waals surface area contributed by atoms with Crippen molar-refractivity contribution in [1.82, 2.24) is 14.9 Å². The van der Waals surface area contributed by atoms with E-state index in [1.165, 1.54) is 0 Å². The summed E-state index contributed by atoms with van der Waals surface area (Å²) < 4.78 is 0. The van der Waals surface area contributed by atoms with Crippen molar-refractivity contribution in [3.05, 3.63) is 47.3 Å². The Hall–Kier alpha value is -2.96. The van der Waals surface area contributed by atoms with Crippen molar-refractivity contribution in [2.24, 2.45) is 0 Å². The van der Waals surface area contributed by atoms with Crippen LogP contribution >= 0.6 is 0 Å². The molecule has 26 heavy (non-hydrogen) atoms. The van der Waals surface area contributed by atoms with Crippen LogP contribution in [0.1, 0.15) is 28.4 Å². The number of hydrogen-bond acceptors (Lipinski definition) is 5. The average Bonchev–Trinajstić information content (AvgIpc) is 2.65. The van der Waals surface area contributed by atoms with Crippen molar-refractivity contribution in [1.29, 1.82) is 0 Å². The summed E-state index contributed by atoms with van der Waals surface area (Å²) in [6.07, 6.45) is 3.08. The summed E-state index contributed by atoms with van der Waals surface area (Å²) in [5.74, 6) is 0.437. The van der Waals surface area contributed by atoms with Crippen molar-refractivity contribution in [3.63, 3.8) is 0 Å². The number of piperazine rings is 1. The van der Waals surface area contributed by atoms with Crippen LogP contribution in [0, 0.1) is 13.8 Å². The van der Waals surface area contributed by atoms with Gasteiger partial charge in [-0.15, -0.1) is 0 Å². The first kappa shape index (κ1) is 17.8.